The lowest BCUT2D eigenvalue weighted by Gasteiger charge is -2.13. The molecule has 0 aromatic rings. The highest BCUT2D eigenvalue weighted by Crippen LogP contribution is 2.34. The van der Waals surface area contributed by atoms with E-state index in [1.807, 2.05) is 0 Å². The van der Waals surface area contributed by atoms with E-state index in [0.29, 0.717) is 6.54 Å². The van der Waals surface area contributed by atoms with Crippen molar-refractivity contribution in [2.45, 2.75) is 6.29 Å². The van der Waals surface area contributed by atoms with Gasteiger partial charge in [0.05, 0.1) is 6.54 Å². The normalized spacial score (nSPS) is 13.7. The second-order valence-corrected chi connectivity index (χ2v) is 6.23. The number of halogens is 4. The summed E-state index contributed by atoms with van der Waals surface area (Å²) in [4.78, 5) is 0. The summed E-state index contributed by atoms with van der Waals surface area (Å²) in [6.45, 7) is 4.32. The van der Waals surface area contributed by atoms with Crippen LogP contribution >= 0.6 is 63.7 Å². The molecule has 0 heterocycles. The molecule has 0 spiro atoms. The molecule has 0 fully saturated rings. The van der Waals surface area contributed by atoms with Crippen LogP contribution in [0.15, 0.2) is 30.7 Å². The Hall–Kier alpha value is 0.860. The molecule has 0 aliphatic rings. The standard InChI is InChI=1S/C10H13Br4NO2/c1-6(11)9(13)10(14)7(12)4-15-5-8(16-2)17-3/h4,8,15H,1,5H2,2-3H3/b7-4+,10-9-. The molecule has 0 aromatic carbocycles. The van der Waals surface area contributed by atoms with E-state index >= 15 is 0 Å². The maximum absolute atomic E-state index is 5.04. The summed E-state index contributed by atoms with van der Waals surface area (Å²) in [5, 5.41) is 3.07. The van der Waals surface area contributed by atoms with Gasteiger partial charge >= 0.3 is 0 Å². The van der Waals surface area contributed by atoms with Crippen LogP contribution in [0.2, 0.25) is 0 Å². The second-order valence-electron chi connectivity index (χ2n) is 2.83. The van der Waals surface area contributed by atoms with E-state index in [9.17, 15) is 0 Å². The topological polar surface area (TPSA) is 30.5 Å². The molecule has 17 heavy (non-hydrogen) atoms. The van der Waals surface area contributed by atoms with E-state index in [1.165, 1.54) is 0 Å². The zero-order valence-electron chi connectivity index (χ0n) is 9.40. The van der Waals surface area contributed by atoms with Gasteiger partial charge in [0, 0.05) is 38.3 Å². The number of rotatable bonds is 7. The molecule has 0 aromatic heterocycles. The van der Waals surface area contributed by atoms with Gasteiger partial charge in [0.15, 0.2) is 6.29 Å². The molecule has 0 unspecified atom stereocenters. The van der Waals surface area contributed by atoms with Gasteiger partial charge in [-0.15, -0.1) is 0 Å². The second kappa shape index (κ2) is 9.75. The molecule has 98 valence electrons. The quantitative estimate of drug-likeness (QED) is 0.418. The molecule has 1 N–H and O–H groups in total. The van der Waals surface area contributed by atoms with Crippen LogP contribution in [-0.2, 0) is 9.47 Å². The first-order valence-corrected chi connectivity index (χ1v) is 7.66. The van der Waals surface area contributed by atoms with Crippen molar-refractivity contribution in [1.82, 2.24) is 5.32 Å². The molecular weight excluding hydrogens is 486 g/mol. The Balaban J connectivity index is 4.46. The zero-order valence-corrected chi connectivity index (χ0v) is 15.7. The molecule has 0 saturated carbocycles. The Morgan fingerprint density at radius 2 is 1.71 bits per heavy atom. The van der Waals surface area contributed by atoms with Crippen LogP contribution in [0.1, 0.15) is 0 Å². The third kappa shape index (κ3) is 7.12. The minimum atomic E-state index is -0.274. The van der Waals surface area contributed by atoms with E-state index in [-0.39, 0.29) is 6.29 Å². The number of methoxy groups -OCH3 is 2. The van der Waals surface area contributed by atoms with Crippen molar-refractivity contribution >= 4 is 63.7 Å². The zero-order chi connectivity index (χ0) is 13.4. The van der Waals surface area contributed by atoms with Gasteiger partial charge in [0.25, 0.3) is 0 Å². The fraction of sp³-hybridized carbons (Fsp3) is 0.400. The first-order valence-electron chi connectivity index (χ1n) is 4.49. The van der Waals surface area contributed by atoms with Crippen LogP contribution in [0.3, 0.4) is 0 Å². The summed E-state index contributed by atoms with van der Waals surface area (Å²) in [5.74, 6) is 0. The van der Waals surface area contributed by atoms with Crippen LogP contribution in [0, 0.1) is 0 Å². The number of ether oxygens (including phenoxy) is 2. The lowest BCUT2D eigenvalue weighted by Crippen LogP contribution is -2.26. The number of allylic oxidation sites excluding steroid dienone is 4. The molecule has 3 nitrogen and oxygen atoms in total. The van der Waals surface area contributed by atoms with Gasteiger partial charge in [0.1, 0.15) is 0 Å². The molecule has 0 aliphatic heterocycles. The minimum absolute atomic E-state index is 0.274. The summed E-state index contributed by atoms with van der Waals surface area (Å²) in [6, 6.07) is 0. The van der Waals surface area contributed by atoms with Gasteiger partial charge in [-0.2, -0.15) is 0 Å². The summed E-state index contributed by atoms with van der Waals surface area (Å²) in [7, 11) is 3.19. The van der Waals surface area contributed by atoms with Crippen LogP contribution in [-0.4, -0.2) is 27.1 Å². The molecule has 0 amide bonds. The Labute approximate surface area is 135 Å². The van der Waals surface area contributed by atoms with Crippen LogP contribution in [0.5, 0.6) is 0 Å². The summed E-state index contributed by atoms with van der Waals surface area (Å²) >= 11 is 13.5. The van der Waals surface area contributed by atoms with Crippen molar-refractivity contribution in [3.63, 3.8) is 0 Å². The fourth-order valence-corrected chi connectivity index (χ4v) is 2.45. The fourth-order valence-electron chi connectivity index (χ4n) is 0.795. The average Bonchev–Trinajstić information content (AvgIpc) is 2.32. The molecule has 0 radical (unpaired) electrons. The number of hydrogen-bond acceptors (Lipinski definition) is 3. The lowest BCUT2D eigenvalue weighted by atomic mass is 10.4. The van der Waals surface area contributed by atoms with Gasteiger partial charge in [0.2, 0.25) is 0 Å². The molecule has 0 aliphatic carbocycles. The maximum atomic E-state index is 5.04. The van der Waals surface area contributed by atoms with Crippen molar-refractivity contribution in [3.05, 3.63) is 30.7 Å². The molecular formula is C10H13Br4NO2. The largest absolute Gasteiger partial charge is 0.385 e. The van der Waals surface area contributed by atoms with Gasteiger partial charge in [-0.05, 0) is 47.8 Å². The van der Waals surface area contributed by atoms with Crippen molar-refractivity contribution in [1.29, 1.82) is 0 Å². The Morgan fingerprint density at radius 3 is 2.12 bits per heavy atom. The van der Waals surface area contributed by atoms with Crippen LogP contribution in [0.25, 0.3) is 0 Å². The predicted octanol–water partition coefficient (Wildman–Crippen LogP) is 4.34. The highest BCUT2D eigenvalue weighted by atomic mass is 79.9. The minimum Gasteiger partial charge on any atom is -0.385 e. The Morgan fingerprint density at radius 1 is 1.18 bits per heavy atom. The molecule has 7 heteroatoms. The van der Waals surface area contributed by atoms with Gasteiger partial charge in [-0.25, -0.2) is 0 Å². The van der Waals surface area contributed by atoms with Crippen molar-refractivity contribution in [2.75, 3.05) is 20.8 Å². The molecule has 0 rings (SSSR count). The third-order valence-corrected chi connectivity index (χ3v) is 6.00. The maximum Gasteiger partial charge on any atom is 0.173 e. The first kappa shape index (κ1) is 17.9. The summed E-state index contributed by atoms with van der Waals surface area (Å²) < 4.78 is 13.4. The van der Waals surface area contributed by atoms with E-state index in [1.54, 1.807) is 20.4 Å². The Bertz CT molecular complexity index is 324. The van der Waals surface area contributed by atoms with E-state index in [4.69, 9.17) is 9.47 Å². The van der Waals surface area contributed by atoms with Gasteiger partial charge in [-0.3, -0.25) is 0 Å². The predicted molar refractivity (Wildman–Crippen MR) is 85.8 cm³/mol. The first-order chi connectivity index (χ1) is 7.93. The smallest absolute Gasteiger partial charge is 0.173 e. The van der Waals surface area contributed by atoms with E-state index in [2.05, 4.69) is 75.6 Å². The Kier molecular flexibility index (Phi) is 10.2. The third-order valence-electron chi connectivity index (χ3n) is 1.68. The van der Waals surface area contributed by atoms with Crippen LogP contribution < -0.4 is 5.32 Å². The average molecular weight is 499 g/mol. The van der Waals surface area contributed by atoms with Crippen LogP contribution in [0.4, 0.5) is 0 Å². The highest BCUT2D eigenvalue weighted by Gasteiger charge is 2.07. The highest BCUT2D eigenvalue weighted by molar-refractivity contribution is 9.17. The SMILES string of the molecule is C=C(Br)/C(Br)=C(Br)\C(Br)=C/NCC(OC)OC. The van der Waals surface area contributed by atoms with E-state index in [0.717, 1.165) is 17.9 Å². The van der Waals surface area contributed by atoms with Crippen molar-refractivity contribution in [2.24, 2.45) is 0 Å². The number of hydrogen-bond donors (Lipinski definition) is 1. The molecule has 0 saturated heterocycles. The van der Waals surface area contributed by atoms with Gasteiger partial charge in [-0.1, -0.05) is 22.5 Å². The molecule has 0 atom stereocenters. The molecule has 0 bridgehead atoms. The van der Waals surface area contributed by atoms with Crippen molar-refractivity contribution in [3.8, 4) is 0 Å². The van der Waals surface area contributed by atoms with Gasteiger partial charge < -0.3 is 14.8 Å². The lowest BCUT2D eigenvalue weighted by molar-refractivity contribution is -0.0972. The number of nitrogens with one attached hydrogen (secondary N) is 1. The van der Waals surface area contributed by atoms with Crippen molar-refractivity contribution < 1.29 is 9.47 Å². The summed E-state index contributed by atoms with van der Waals surface area (Å²) in [5.41, 5.74) is 0. The van der Waals surface area contributed by atoms with E-state index < -0.39 is 0 Å². The summed E-state index contributed by atoms with van der Waals surface area (Å²) in [6.07, 6.45) is 1.52. The monoisotopic (exact) mass is 495 g/mol.